The van der Waals surface area contributed by atoms with Gasteiger partial charge in [-0.05, 0) is 70.9 Å². The lowest BCUT2D eigenvalue weighted by Crippen LogP contribution is -2.45. The van der Waals surface area contributed by atoms with Gasteiger partial charge < -0.3 is 20.2 Å². The molecule has 172 valence electrons. The first-order valence-electron chi connectivity index (χ1n) is 11.3. The summed E-state index contributed by atoms with van der Waals surface area (Å²) < 4.78 is 5.37. The minimum absolute atomic E-state index is 0.313. The zero-order chi connectivity index (χ0) is 22.9. The first kappa shape index (κ1) is 25.6. The first-order valence-corrected chi connectivity index (χ1v) is 12.2. The number of aryl methyl sites for hydroxylation is 1. The quantitative estimate of drug-likeness (QED) is 0.494. The second kappa shape index (κ2) is 12.4. The summed E-state index contributed by atoms with van der Waals surface area (Å²) in [7, 11) is 0. The van der Waals surface area contributed by atoms with Crippen molar-refractivity contribution in [3.05, 3.63) is 34.0 Å². The Bertz CT molecular complexity index is 774. The number of aliphatic imine (C=N–C) groups is 1. The lowest BCUT2D eigenvalue weighted by atomic mass is 9.83. The SMILES string of the molecule is CC1CCC(C(C)(C)O)CN1.Cc1cc(C#N)oc1/C=N\C(=C\Br)NC1CCCCC1. The molecule has 31 heavy (non-hydrogen) atoms. The van der Waals surface area contributed by atoms with Crippen LogP contribution in [-0.4, -0.2) is 35.6 Å². The van der Waals surface area contributed by atoms with E-state index in [1.807, 2.05) is 26.8 Å². The van der Waals surface area contributed by atoms with Gasteiger partial charge in [0.05, 0.1) is 11.8 Å². The van der Waals surface area contributed by atoms with E-state index in [2.05, 4.69) is 38.5 Å². The molecule has 1 aromatic rings. The van der Waals surface area contributed by atoms with Gasteiger partial charge >= 0.3 is 0 Å². The Labute approximate surface area is 195 Å². The molecule has 2 aliphatic rings. The van der Waals surface area contributed by atoms with Gasteiger partial charge in [0.1, 0.15) is 17.7 Å². The van der Waals surface area contributed by atoms with Crippen LogP contribution >= 0.6 is 15.9 Å². The molecule has 2 heterocycles. The minimum atomic E-state index is -0.507. The van der Waals surface area contributed by atoms with Crippen molar-refractivity contribution in [2.45, 2.75) is 90.3 Å². The van der Waals surface area contributed by atoms with Gasteiger partial charge in [0, 0.05) is 23.6 Å². The maximum Gasteiger partial charge on any atom is 0.204 e. The minimum Gasteiger partial charge on any atom is -0.444 e. The van der Waals surface area contributed by atoms with Crippen LogP contribution in [0.25, 0.3) is 0 Å². The van der Waals surface area contributed by atoms with E-state index >= 15 is 0 Å². The molecule has 1 aliphatic carbocycles. The Hall–Kier alpha value is -1.62. The van der Waals surface area contributed by atoms with Crippen molar-refractivity contribution in [2.24, 2.45) is 10.9 Å². The van der Waals surface area contributed by atoms with Crippen LogP contribution in [0, 0.1) is 24.2 Å². The van der Waals surface area contributed by atoms with Crippen LogP contribution in [0.2, 0.25) is 0 Å². The summed E-state index contributed by atoms with van der Waals surface area (Å²) in [5.74, 6) is 2.15. The van der Waals surface area contributed by atoms with Crippen LogP contribution in [0.3, 0.4) is 0 Å². The molecular weight excluding hydrogens is 456 g/mol. The fraction of sp³-hybridized carbons (Fsp3) is 0.667. The third kappa shape index (κ3) is 8.80. The number of nitrogens with one attached hydrogen (secondary N) is 2. The predicted molar refractivity (Wildman–Crippen MR) is 129 cm³/mol. The van der Waals surface area contributed by atoms with Gasteiger partial charge in [-0.25, -0.2) is 4.99 Å². The number of rotatable bonds is 5. The molecule has 7 heteroatoms. The van der Waals surface area contributed by atoms with Crippen LogP contribution in [0.1, 0.15) is 82.8 Å². The van der Waals surface area contributed by atoms with Gasteiger partial charge in [0.2, 0.25) is 5.76 Å². The Morgan fingerprint density at radius 1 is 1.32 bits per heavy atom. The number of aliphatic hydroxyl groups is 1. The third-order valence-corrected chi connectivity index (χ3v) is 6.54. The number of hydrogen-bond donors (Lipinski definition) is 3. The lowest BCUT2D eigenvalue weighted by Gasteiger charge is -2.35. The molecule has 3 rings (SSSR count). The third-order valence-electron chi connectivity index (χ3n) is 6.11. The summed E-state index contributed by atoms with van der Waals surface area (Å²) in [4.78, 5) is 6.17. The van der Waals surface area contributed by atoms with E-state index in [-0.39, 0.29) is 0 Å². The molecule has 1 aliphatic heterocycles. The number of nitriles is 1. The average molecular weight is 493 g/mol. The summed E-state index contributed by atoms with van der Waals surface area (Å²) in [6, 6.07) is 4.83. The number of halogens is 1. The van der Waals surface area contributed by atoms with Crippen molar-refractivity contribution in [2.75, 3.05) is 6.54 Å². The molecule has 0 spiro atoms. The van der Waals surface area contributed by atoms with Crippen LogP contribution in [-0.2, 0) is 0 Å². The summed E-state index contributed by atoms with van der Waals surface area (Å²) in [5.41, 5.74) is 0.407. The standard InChI is InChI=1S/C15H18BrN3O.C9H19NO/c1-11-7-13(9-17)20-14(11)10-18-15(8-16)19-12-5-3-2-4-6-12;1-7-4-5-8(6-10-7)9(2,3)11/h7-8,10,12,19H,2-6H2,1H3;7-8,10-11H,4-6H2,1-3H3/b15-8-,18-10-;. The average Bonchev–Trinajstić information content (AvgIpc) is 3.11. The molecule has 3 N–H and O–H groups in total. The molecule has 2 unspecified atom stereocenters. The highest BCUT2D eigenvalue weighted by Gasteiger charge is 2.29. The maximum atomic E-state index is 9.69. The topological polar surface area (TPSA) is 93.6 Å². The molecule has 0 aromatic carbocycles. The molecule has 1 saturated carbocycles. The second-order valence-electron chi connectivity index (χ2n) is 9.24. The molecule has 2 atom stereocenters. The molecule has 1 saturated heterocycles. The number of nitrogens with zero attached hydrogens (tertiary/aromatic N) is 2. The molecule has 2 fully saturated rings. The van der Waals surface area contributed by atoms with Crippen LogP contribution in [0.4, 0.5) is 0 Å². The van der Waals surface area contributed by atoms with Gasteiger partial charge in [-0.3, -0.25) is 0 Å². The van der Waals surface area contributed by atoms with Crippen molar-refractivity contribution in [3.8, 4) is 6.07 Å². The van der Waals surface area contributed by atoms with Gasteiger partial charge in [-0.1, -0.05) is 35.2 Å². The van der Waals surface area contributed by atoms with Crippen molar-refractivity contribution >= 4 is 22.1 Å². The van der Waals surface area contributed by atoms with E-state index in [4.69, 9.17) is 9.68 Å². The Kier molecular flexibility index (Phi) is 10.3. The van der Waals surface area contributed by atoms with Crippen LogP contribution in [0.5, 0.6) is 0 Å². The van der Waals surface area contributed by atoms with Gasteiger partial charge in [-0.15, -0.1) is 0 Å². The second-order valence-corrected chi connectivity index (χ2v) is 9.70. The van der Waals surface area contributed by atoms with Gasteiger partial charge in [-0.2, -0.15) is 5.26 Å². The number of piperidine rings is 1. The summed E-state index contributed by atoms with van der Waals surface area (Å²) in [6.07, 6.45) is 10.3. The summed E-state index contributed by atoms with van der Waals surface area (Å²) in [6.45, 7) is 8.85. The zero-order valence-electron chi connectivity index (χ0n) is 19.2. The molecule has 6 nitrogen and oxygen atoms in total. The van der Waals surface area contributed by atoms with Gasteiger partial charge in [0.25, 0.3) is 0 Å². The summed E-state index contributed by atoms with van der Waals surface area (Å²) >= 11 is 3.33. The van der Waals surface area contributed by atoms with E-state index < -0.39 is 5.60 Å². The Morgan fingerprint density at radius 2 is 2.03 bits per heavy atom. The van der Waals surface area contributed by atoms with E-state index in [1.165, 1.54) is 38.5 Å². The van der Waals surface area contributed by atoms with E-state index in [9.17, 15) is 5.11 Å². The fourth-order valence-corrected chi connectivity index (χ4v) is 4.21. The molecule has 0 bridgehead atoms. The highest BCUT2D eigenvalue weighted by atomic mass is 79.9. The van der Waals surface area contributed by atoms with Crippen LogP contribution < -0.4 is 10.6 Å². The maximum absolute atomic E-state index is 9.69. The number of hydrogen-bond acceptors (Lipinski definition) is 6. The van der Waals surface area contributed by atoms with E-state index in [0.717, 1.165) is 24.4 Å². The summed E-state index contributed by atoms with van der Waals surface area (Å²) in [5, 5.41) is 25.3. The van der Waals surface area contributed by atoms with Crippen LogP contribution in [0.15, 0.2) is 26.3 Å². The van der Waals surface area contributed by atoms with Crippen molar-refractivity contribution < 1.29 is 9.52 Å². The largest absolute Gasteiger partial charge is 0.444 e. The van der Waals surface area contributed by atoms with Crippen molar-refractivity contribution in [1.82, 2.24) is 10.6 Å². The molecular formula is C24H37BrN4O2. The first-order chi connectivity index (χ1) is 14.7. The van der Waals surface area contributed by atoms with E-state index in [0.29, 0.717) is 29.5 Å². The van der Waals surface area contributed by atoms with Gasteiger partial charge in [0.15, 0.2) is 0 Å². The smallest absolute Gasteiger partial charge is 0.204 e. The van der Waals surface area contributed by atoms with E-state index in [1.54, 1.807) is 17.3 Å². The Morgan fingerprint density at radius 3 is 2.55 bits per heavy atom. The predicted octanol–water partition coefficient (Wildman–Crippen LogP) is 5.14. The molecule has 0 amide bonds. The Balaban J connectivity index is 0.000000262. The van der Waals surface area contributed by atoms with Crippen molar-refractivity contribution in [3.63, 3.8) is 0 Å². The fourth-order valence-electron chi connectivity index (χ4n) is 3.96. The normalized spacial score (nSPS) is 23.2. The monoisotopic (exact) mass is 492 g/mol. The lowest BCUT2D eigenvalue weighted by molar-refractivity contribution is 0.00299. The molecule has 1 aromatic heterocycles. The highest BCUT2D eigenvalue weighted by molar-refractivity contribution is 9.11. The molecule has 0 radical (unpaired) electrons. The zero-order valence-corrected chi connectivity index (χ0v) is 20.8. The highest BCUT2D eigenvalue weighted by Crippen LogP contribution is 2.24. The van der Waals surface area contributed by atoms with Crippen molar-refractivity contribution in [1.29, 1.82) is 5.26 Å². The number of furan rings is 1.